The molecular weight excluding hydrogens is 385 g/mol. The molecule has 4 nitrogen and oxygen atoms in total. The van der Waals surface area contributed by atoms with Crippen molar-refractivity contribution in [3.8, 4) is 5.75 Å². The van der Waals surface area contributed by atoms with Crippen molar-refractivity contribution < 1.29 is 4.74 Å². The van der Waals surface area contributed by atoms with Gasteiger partial charge in [0, 0.05) is 22.9 Å². The Morgan fingerprint density at radius 3 is 2.56 bits per heavy atom. The molecule has 1 aromatic carbocycles. The molecule has 0 aliphatic heterocycles. The number of anilines is 2. The van der Waals surface area contributed by atoms with Crippen LogP contribution < -0.4 is 10.1 Å². The number of hydrogen-bond acceptors (Lipinski definition) is 4. The SMILES string of the molecule is COc1cc(Nc2nccnc2Cl)c(Br)cc1Br. The van der Waals surface area contributed by atoms with Crippen molar-refractivity contribution in [2.75, 3.05) is 12.4 Å². The zero-order chi connectivity index (χ0) is 13.1. The first-order chi connectivity index (χ1) is 8.61. The van der Waals surface area contributed by atoms with Crippen molar-refractivity contribution in [3.63, 3.8) is 0 Å². The van der Waals surface area contributed by atoms with E-state index < -0.39 is 0 Å². The predicted molar refractivity (Wildman–Crippen MR) is 78.7 cm³/mol. The number of aromatic nitrogens is 2. The van der Waals surface area contributed by atoms with Crippen molar-refractivity contribution in [2.45, 2.75) is 0 Å². The molecule has 0 atom stereocenters. The molecule has 7 heteroatoms. The Kier molecular flexibility index (Phi) is 4.42. The summed E-state index contributed by atoms with van der Waals surface area (Å²) in [6.45, 7) is 0. The molecule has 2 rings (SSSR count). The fraction of sp³-hybridized carbons (Fsp3) is 0.0909. The van der Waals surface area contributed by atoms with Crippen molar-refractivity contribution in [3.05, 3.63) is 38.6 Å². The minimum atomic E-state index is 0.311. The molecule has 1 N–H and O–H groups in total. The van der Waals surface area contributed by atoms with Crippen LogP contribution >= 0.6 is 43.5 Å². The van der Waals surface area contributed by atoms with E-state index in [2.05, 4.69) is 47.1 Å². The highest BCUT2D eigenvalue weighted by atomic mass is 79.9. The Morgan fingerprint density at radius 2 is 1.89 bits per heavy atom. The zero-order valence-corrected chi connectivity index (χ0v) is 13.2. The molecule has 0 unspecified atom stereocenters. The van der Waals surface area contributed by atoms with E-state index in [9.17, 15) is 0 Å². The summed E-state index contributed by atoms with van der Waals surface area (Å²) in [6, 6.07) is 3.71. The summed E-state index contributed by atoms with van der Waals surface area (Å²) in [7, 11) is 1.60. The number of ether oxygens (including phenoxy) is 1. The van der Waals surface area contributed by atoms with E-state index in [4.69, 9.17) is 16.3 Å². The van der Waals surface area contributed by atoms with Gasteiger partial charge in [-0.2, -0.15) is 0 Å². The molecule has 1 heterocycles. The molecule has 0 bridgehead atoms. The van der Waals surface area contributed by atoms with Crippen molar-refractivity contribution in [1.29, 1.82) is 0 Å². The van der Waals surface area contributed by atoms with E-state index in [0.717, 1.165) is 14.6 Å². The lowest BCUT2D eigenvalue weighted by atomic mass is 10.3. The van der Waals surface area contributed by atoms with Gasteiger partial charge in [0.15, 0.2) is 11.0 Å². The molecule has 0 saturated heterocycles. The molecule has 0 fully saturated rings. The smallest absolute Gasteiger partial charge is 0.171 e. The normalized spacial score (nSPS) is 10.2. The second-order valence-electron chi connectivity index (χ2n) is 3.29. The molecule has 0 aliphatic rings. The van der Waals surface area contributed by atoms with Gasteiger partial charge in [-0.05, 0) is 37.9 Å². The van der Waals surface area contributed by atoms with Crippen LogP contribution in [0.3, 0.4) is 0 Å². The van der Waals surface area contributed by atoms with E-state index in [1.165, 1.54) is 6.20 Å². The molecule has 0 saturated carbocycles. The quantitative estimate of drug-likeness (QED) is 0.839. The molecule has 2 aromatic rings. The summed E-state index contributed by atoms with van der Waals surface area (Å²) in [6.07, 6.45) is 3.10. The molecular formula is C11H8Br2ClN3O. The second kappa shape index (κ2) is 5.86. The number of nitrogens with zero attached hydrogens (tertiary/aromatic N) is 2. The largest absolute Gasteiger partial charge is 0.495 e. The Balaban J connectivity index is 2.38. The Bertz CT molecular complexity index is 580. The summed E-state index contributed by atoms with van der Waals surface area (Å²) in [5.41, 5.74) is 0.789. The van der Waals surface area contributed by atoms with Crippen molar-refractivity contribution in [1.82, 2.24) is 9.97 Å². The van der Waals surface area contributed by atoms with Gasteiger partial charge in [-0.3, -0.25) is 0 Å². The summed E-state index contributed by atoms with van der Waals surface area (Å²) in [5.74, 6) is 1.20. The number of nitrogens with one attached hydrogen (secondary N) is 1. The first-order valence-corrected chi connectivity index (χ1v) is 6.84. The molecule has 0 radical (unpaired) electrons. The van der Waals surface area contributed by atoms with Gasteiger partial charge >= 0.3 is 0 Å². The lowest BCUT2D eigenvalue weighted by Crippen LogP contribution is -1.97. The molecule has 1 aromatic heterocycles. The standard InChI is InChI=1S/C11H8Br2ClN3O/c1-18-9-5-8(6(12)4-7(9)13)17-11-10(14)15-2-3-16-11/h2-5H,1H3,(H,16,17). The van der Waals surface area contributed by atoms with Gasteiger partial charge in [0.1, 0.15) is 5.75 Å². The van der Waals surface area contributed by atoms with Crippen LogP contribution in [0.4, 0.5) is 11.5 Å². The van der Waals surface area contributed by atoms with E-state index in [1.807, 2.05) is 12.1 Å². The third-order valence-corrected chi connectivity index (χ3v) is 3.70. The van der Waals surface area contributed by atoms with E-state index >= 15 is 0 Å². The summed E-state index contributed by atoms with van der Waals surface area (Å²) >= 11 is 12.8. The molecule has 18 heavy (non-hydrogen) atoms. The maximum Gasteiger partial charge on any atom is 0.171 e. The van der Waals surface area contributed by atoms with Gasteiger partial charge < -0.3 is 10.1 Å². The molecule has 0 spiro atoms. The van der Waals surface area contributed by atoms with Gasteiger partial charge in [-0.25, -0.2) is 9.97 Å². The predicted octanol–water partition coefficient (Wildman–Crippen LogP) is 4.41. The first kappa shape index (κ1) is 13.6. The van der Waals surface area contributed by atoms with Gasteiger partial charge in [0.05, 0.1) is 17.3 Å². The van der Waals surface area contributed by atoms with Crippen LogP contribution in [-0.4, -0.2) is 17.1 Å². The van der Waals surface area contributed by atoms with Crippen LogP contribution in [0, 0.1) is 0 Å². The van der Waals surface area contributed by atoms with Crippen LogP contribution in [0.25, 0.3) is 0 Å². The third kappa shape index (κ3) is 2.93. The monoisotopic (exact) mass is 391 g/mol. The second-order valence-corrected chi connectivity index (χ2v) is 5.35. The van der Waals surface area contributed by atoms with Gasteiger partial charge in [0.25, 0.3) is 0 Å². The number of methoxy groups -OCH3 is 1. The Hall–Kier alpha value is -0.850. The highest BCUT2D eigenvalue weighted by Crippen LogP contribution is 2.36. The minimum Gasteiger partial charge on any atom is -0.495 e. The minimum absolute atomic E-state index is 0.311. The number of halogens is 3. The fourth-order valence-corrected chi connectivity index (χ4v) is 2.72. The van der Waals surface area contributed by atoms with E-state index in [0.29, 0.717) is 16.7 Å². The van der Waals surface area contributed by atoms with Gasteiger partial charge in [0.2, 0.25) is 0 Å². The van der Waals surface area contributed by atoms with Gasteiger partial charge in [-0.15, -0.1) is 0 Å². The summed E-state index contributed by atoms with van der Waals surface area (Å²) < 4.78 is 6.94. The highest BCUT2D eigenvalue weighted by Gasteiger charge is 2.09. The van der Waals surface area contributed by atoms with Crippen LogP contribution in [0.1, 0.15) is 0 Å². The summed E-state index contributed by atoms with van der Waals surface area (Å²) in [4.78, 5) is 8.06. The Labute approximate surface area is 126 Å². The molecule has 0 amide bonds. The van der Waals surface area contributed by atoms with E-state index in [1.54, 1.807) is 13.3 Å². The maximum atomic E-state index is 5.94. The lowest BCUT2D eigenvalue weighted by molar-refractivity contribution is 0.412. The highest BCUT2D eigenvalue weighted by molar-refractivity contribution is 9.11. The molecule has 94 valence electrons. The Morgan fingerprint density at radius 1 is 1.17 bits per heavy atom. The number of rotatable bonds is 3. The number of benzene rings is 1. The van der Waals surface area contributed by atoms with Crippen LogP contribution in [-0.2, 0) is 0 Å². The van der Waals surface area contributed by atoms with Crippen molar-refractivity contribution in [2.24, 2.45) is 0 Å². The van der Waals surface area contributed by atoms with Crippen LogP contribution in [0.2, 0.25) is 5.15 Å². The van der Waals surface area contributed by atoms with Crippen LogP contribution in [0.15, 0.2) is 33.5 Å². The number of hydrogen-bond donors (Lipinski definition) is 1. The maximum absolute atomic E-state index is 5.94. The van der Waals surface area contributed by atoms with Crippen LogP contribution in [0.5, 0.6) is 5.75 Å². The average Bonchev–Trinajstić information content (AvgIpc) is 2.35. The third-order valence-electron chi connectivity index (χ3n) is 2.15. The zero-order valence-electron chi connectivity index (χ0n) is 9.25. The topological polar surface area (TPSA) is 47.0 Å². The average molecular weight is 393 g/mol. The first-order valence-electron chi connectivity index (χ1n) is 4.88. The van der Waals surface area contributed by atoms with Gasteiger partial charge in [-0.1, -0.05) is 11.6 Å². The van der Waals surface area contributed by atoms with E-state index in [-0.39, 0.29) is 0 Å². The molecule has 0 aliphatic carbocycles. The lowest BCUT2D eigenvalue weighted by Gasteiger charge is -2.11. The summed E-state index contributed by atoms with van der Waals surface area (Å²) in [5, 5.41) is 3.40. The van der Waals surface area contributed by atoms with Crippen molar-refractivity contribution >= 4 is 55.0 Å². The fourth-order valence-electron chi connectivity index (χ4n) is 1.31.